The molecule has 1 saturated heterocycles. The van der Waals surface area contributed by atoms with Crippen molar-refractivity contribution >= 4 is 17.3 Å². The van der Waals surface area contributed by atoms with Gasteiger partial charge < -0.3 is 10.2 Å². The van der Waals surface area contributed by atoms with Crippen molar-refractivity contribution in [2.45, 2.75) is 32.9 Å². The highest BCUT2D eigenvalue weighted by atomic mass is 32.1. The molecule has 0 radical (unpaired) electrons. The number of thiazole rings is 1. The molecular weight excluding hydrogens is 342 g/mol. The van der Waals surface area contributed by atoms with Crippen LogP contribution in [0.15, 0.2) is 41.5 Å². The molecule has 1 fully saturated rings. The first-order valence-electron chi connectivity index (χ1n) is 9.37. The van der Waals surface area contributed by atoms with Crippen LogP contribution in [0.1, 0.15) is 34.8 Å². The second kappa shape index (κ2) is 9.14. The summed E-state index contributed by atoms with van der Waals surface area (Å²) in [4.78, 5) is 15.1. The number of piperazine rings is 1. The molecule has 0 bridgehead atoms. The third-order valence-corrected chi connectivity index (χ3v) is 5.82. The average Bonchev–Trinajstić information content (AvgIpc) is 3.10. The van der Waals surface area contributed by atoms with E-state index in [-0.39, 0.29) is 0 Å². The summed E-state index contributed by atoms with van der Waals surface area (Å²) in [6.07, 6.45) is 3.07. The Morgan fingerprint density at radius 1 is 1.23 bits per heavy atom. The van der Waals surface area contributed by atoms with Gasteiger partial charge in [-0.1, -0.05) is 37.3 Å². The Labute approximate surface area is 160 Å². The smallest absolute Gasteiger partial charge is 0.194 e. The molecule has 3 rings (SSSR count). The number of nitrogens with one attached hydrogen (secondary N) is 1. The maximum Gasteiger partial charge on any atom is 0.194 e. The second-order valence-corrected chi connectivity index (χ2v) is 7.94. The molecule has 5 nitrogen and oxygen atoms in total. The van der Waals surface area contributed by atoms with Crippen LogP contribution >= 0.6 is 11.3 Å². The van der Waals surface area contributed by atoms with Crippen LogP contribution < -0.4 is 5.32 Å². The molecule has 26 heavy (non-hydrogen) atoms. The molecule has 1 aromatic heterocycles. The van der Waals surface area contributed by atoms with Gasteiger partial charge in [-0.05, 0) is 18.9 Å². The summed E-state index contributed by atoms with van der Waals surface area (Å²) in [6, 6.07) is 11.4. The Kier molecular flexibility index (Phi) is 6.63. The van der Waals surface area contributed by atoms with Gasteiger partial charge in [-0.15, -0.1) is 11.3 Å². The highest BCUT2D eigenvalue weighted by Gasteiger charge is 2.25. The summed E-state index contributed by atoms with van der Waals surface area (Å²) < 4.78 is 0. The molecular formula is C20H29N5S. The van der Waals surface area contributed by atoms with Crippen LogP contribution in [0.5, 0.6) is 0 Å². The molecule has 1 N–H and O–H groups in total. The first-order chi connectivity index (χ1) is 12.7. The number of aryl methyl sites for hydroxylation is 1. The van der Waals surface area contributed by atoms with Crippen LogP contribution in [-0.4, -0.2) is 54.0 Å². The van der Waals surface area contributed by atoms with Crippen molar-refractivity contribution in [1.82, 2.24) is 20.1 Å². The molecule has 1 aliphatic rings. The van der Waals surface area contributed by atoms with Crippen molar-refractivity contribution in [3.05, 3.63) is 52.0 Å². The van der Waals surface area contributed by atoms with E-state index < -0.39 is 0 Å². The van der Waals surface area contributed by atoms with Crippen molar-refractivity contribution < 1.29 is 0 Å². The van der Waals surface area contributed by atoms with Crippen LogP contribution in [0.4, 0.5) is 0 Å². The summed E-state index contributed by atoms with van der Waals surface area (Å²) in [5, 5.41) is 4.57. The van der Waals surface area contributed by atoms with Crippen LogP contribution in [0.2, 0.25) is 0 Å². The molecule has 0 spiro atoms. The lowest BCUT2D eigenvalue weighted by atomic mass is 10.0. The fourth-order valence-electron chi connectivity index (χ4n) is 3.60. The van der Waals surface area contributed by atoms with Crippen LogP contribution in [0, 0.1) is 6.92 Å². The van der Waals surface area contributed by atoms with E-state index in [4.69, 9.17) is 0 Å². The maximum atomic E-state index is 4.47. The zero-order valence-electron chi connectivity index (χ0n) is 16.0. The highest BCUT2D eigenvalue weighted by molar-refractivity contribution is 7.11. The first-order valence-corrected chi connectivity index (χ1v) is 10.2. The van der Waals surface area contributed by atoms with Gasteiger partial charge in [0.15, 0.2) is 5.96 Å². The lowest BCUT2D eigenvalue weighted by molar-refractivity contribution is 0.127. The summed E-state index contributed by atoms with van der Waals surface area (Å²) >= 11 is 1.74. The van der Waals surface area contributed by atoms with Gasteiger partial charge in [-0.3, -0.25) is 9.89 Å². The number of rotatable bonds is 5. The minimum absolute atomic E-state index is 0.506. The molecule has 2 aromatic rings. The van der Waals surface area contributed by atoms with Crippen molar-refractivity contribution in [2.24, 2.45) is 4.99 Å². The Bertz CT molecular complexity index is 704. The lowest BCUT2D eigenvalue weighted by Crippen LogP contribution is -2.52. The SMILES string of the molecule is CCC(c1ccccc1)N1CCN(C(=NC)NCc2ncc(C)s2)CC1. The van der Waals surface area contributed by atoms with Gasteiger partial charge in [0.1, 0.15) is 5.01 Å². The average molecular weight is 372 g/mol. The Morgan fingerprint density at radius 2 is 1.96 bits per heavy atom. The first kappa shape index (κ1) is 18.9. The van der Waals surface area contributed by atoms with E-state index in [0.717, 1.165) is 50.1 Å². The summed E-state index contributed by atoms with van der Waals surface area (Å²) in [5.74, 6) is 0.977. The van der Waals surface area contributed by atoms with Gasteiger partial charge in [0.25, 0.3) is 0 Å². The van der Waals surface area contributed by atoms with Gasteiger partial charge in [0.2, 0.25) is 0 Å². The molecule has 1 unspecified atom stereocenters. The van der Waals surface area contributed by atoms with Gasteiger partial charge >= 0.3 is 0 Å². The molecule has 1 aliphatic heterocycles. The van der Waals surface area contributed by atoms with Crippen LogP contribution in [0.25, 0.3) is 0 Å². The highest BCUT2D eigenvalue weighted by Crippen LogP contribution is 2.25. The Balaban J connectivity index is 1.54. The van der Waals surface area contributed by atoms with E-state index >= 15 is 0 Å². The standard InChI is InChI=1S/C20H29N5S/c1-4-18(17-8-6-5-7-9-17)24-10-12-25(13-11-24)20(21-3)23-15-19-22-14-16(2)26-19/h5-9,14,18H,4,10-13,15H2,1-3H3,(H,21,23). The Hall–Kier alpha value is -1.92. The topological polar surface area (TPSA) is 43.8 Å². The Morgan fingerprint density at radius 3 is 2.54 bits per heavy atom. The van der Waals surface area contributed by atoms with Crippen molar-refractivity contribution in [3.63, 3.8) is 0 Å². The third kappa shape index (κ3) is 4.62. The van der Waals surface area contributed by atoms with E-state index in [1.165, 1.54) is 10.4 Å². The molecule has 0 aliphatic carbocycles. The monoisotopic (exact) mass is 371 g/mol. The minimum atomic E-state index is 0.506. The number of aromatic nitrogens is 1. The molecule has 0 amide bonds. The summed E-state index contributed by atoms with van der Waals surface area (Å²) in [6.45, 7) is 9.23. The normalized spacial score (nSPS) is 17.3. The predicted molar refractivity (Wildman–Crippen MR) is 110 cm³/mol. The zero-order chi connectivity index (χ0) is 18.4. The van der Waals surface area contributed by atoms with Crippen LogP contribution in [0.3, 0.4) is 0 Å². The number of nitrogens with zero attached hydrogens (tertiary/aromatic N) is 4. The summed E-state index contributed by atoms with van der Waals surface area (Å²) in [7, 11) is 1.86. The predicted octanol–water partition coefficient (Wildman–Crippen LogP) is 3.30. The van der Waals surface area contributed by atoms with Crippen molar-refractivity contribution in [3.8, 4) is 0 Å². The van der Waals surface area contributed by atoms with E-state index in [1.807, 2.05) is 13.2 Å². The maximum absolute atomic E-state index is 4.47. The van der Waals surface area contributed by atoms with Crippen molar-refractivity contribution in [1.29, 1.82) is 0 Å². The number of guanidine groups is 1. The molecule has 1 atom stereocenters. The largest absolute Gasteiger partial charge is 0.350 e. The summed E-state index contributed by atoms with van der Waals surface area (Å²) in [5.41, 5.74) is 1.42. The van der Waals surface area contributed by atoms with E-state index in [2.05, 4.69) is 69.3 Å². The van der Waals surface area contributed by atoms with Gasteiger partial charge in [-0.25, -0.2) is 4.98 Å². The number of hydrogen-bond acceptors (Lipinski definition) is 4. The lowest BCUT2D eigenvalue weighted by Gasteiger charge is -2.40. The number of aliphatic imine (C=N–C) groups is 1. The molecule has 6 heteroatoms. The van der Waals surface area contributed by atoms with Crippen LogP contribution in [-0.2, 0) is 6.54 Å². The van der Waals surface area contributed by atoms with E-state index in [1.54, 1.807) is 11.3 Å². The van der Waals surface area contributed by atoms with E-state index in [9.17, 15) is 0 Å². The van der Waals surface area contributed by atoms with E-state index in [0.29, 0.717) is 6.04 Å². The van der Waals surface area contributed by atoms with Crippen molar-refractivity contribution in [2.75, 3.05) is 33.2 Å². The van der Waals surface area contributed by atoms with Gasteiger partial charge in [0.05, 0.1) is 6.54 Å². The third-order valence-electron chi connectivity index (χ3n) is 4.90. The minimum Gasteiger partial charge on any atom is -0.350 e. The van der Waals surface area contributed by atoms with Gasteiger partial charge in [0, 0.05) is 50.3 Å². The fraction of sp³-hybridized carbons (Fsp3) is 0.500. The number of benzene rings is 1. The second-order valence-electron chi connectivity index (χ2n) is 6.62. The van der Waals surface area contributed by atoms with Gasteiger partial charge in [-0.2, -0.15) is 0 Å². The molecule has 140 valence electrons. The number of hydrogen-bond donors (Lipinski definition) is 1. The quantitative estimate of drug-likeness (QED) is 0.647. The fourth-order valence-corrected chi connectivity index (χ4v) is 4.32. The molecule has 1 aromatic carbocycles. The molecule has 0 saturated carbocycles. The molecule has 2 heterocycles. The zero-order valence-corrected chi connectivity index (χ0v) is 16.8.